The third kappa shape index (κ3) is 2.78. The van der Waals surface area contributed by atoms with Crippen molar-refractivity contribution in [3.63, 3.8) is 0 Å². The number of anilines is 1. The van der Waals surface area contributed by atoms with Gasteiger partial charge in [-0.2, -0.15) is 0 Å². The fourth-order valence-electron chi connectivity index (χ4n) is 2.48. The quantitative estimate of drug-likeness (QED) is 0.763. The van der Waals surface area contributed by atoms with Gasteiger partial charge in [-0.1, -0.05) is 6.92 Å². The standard InChI is InChI=1S/C16H19N3OS/c1-5-15-19-13-8-12(6-7-14(13)20-15)18-10(3)16-9(2)17-11(4)21-16/h6-8,10,18H,5H2,1-4H3. The molecule has 1 unspecified atom stereocenters. The molecule has 5 heteroatoms. The molecular formula is C16H19N3OS. The fourth-order valence-corrected chi connectivity index (χ4v) is 3.41. The zero-order valence-corrected chi connectivity index (χ0v) is 13.5. The minimum Gasteiger partial charge on any atom is -0.441 e. The number of nitrogens with one attached hydrogen (secondary N) is 1. The Morgan fingerprint density at radius 2 is 2.10 bits per heavy atom. The molecule has 0 spiro atoms. The average molecular weight is 301 g/mol. The lowest BCUT2D eigenvalue weighted by atomic mass is 10.2. The van der Waals surface area contributed by atoms with Gasteiger partial charge in [0, 0.05) is 17.0 Å². The largest absolute Gasteiger partial charge is 0.441 e. The topological polar surface area (TPSA) is 51.0 Å². The molecular weight excluding hydrogens is 282 g/mol. The summed E-state index contributed by atoms with van der Waals surface area (Å²) in [6, 6.07) is 6.28. The number of hydrogen-bond acceptors (Lipinski definition) is 5. The second-order valence-electron chi connectivity index (χ2n) is 5.19. The van der Waals surface area contributed by atoms with E-state index in [1.165, 1.54) is 4.88 Å². The second-order valence-corrected chi connectivity index (χ2v) is 6.43. The van der Waals surface area contributed by atoms with E-state index in [-0.39, 0.29) is 6.04 Å². The van der Waals surface area contributed by atoms with Crippen LogP contribution in [0.1, 0.15) is 41.4 Å². The van der Waals surface area contributed by atoms with E-state index in [1.54, 1.807) is 11.3 Å². The van der Waals surface area contributed by atoms with Crippen LogP contribution in [0.25, 0.3) is 11.1 Å². The van der Waals surface area contributed by atoms with Crippen LogP contribution >= 0.6 is 11.3 Å². The zero-order chi connectivity index (χ0) is 15.0. The van der Waals surface area contributed by atoms with Gasteiger partial charge in [-0.15, -0.1) is 11.3 Å². The van der Waals surface area contributed by atoms with Crippen molar-refractivity contribution >= 4 is 28.1 Å². The Bertz CT molecular complexity index is 775. The van der Waals surface area contributed by atoms with Crippen molar-refractivity contribution in [2.45, 2.75) is 40.2 Å². The van der Waals surface area contributed by atoms with E-state index in [2.05, 4.69) is 29.1 Å². The van der Waals surface area contributed by atoms with Crippen molar-refractivity contribution in [1.29, 1.82) is 0 Å². The summed E-state index contributed by atoms with van der Waals surface area (Å²) in [5.41, 5.74) is 3.90. The zero-order valence-electron chi connectivity index (χ0n) is 12.7. The number of oxazole rings is 1. The molecule has 4 nitrogen and oxygen atoms in total. The number of hydrogen-bond donors (Lipinski definition) is 1. The molecule has 3 aromatic rings. The first-order valence-corrected chi connectivity index (χ1v) is 7.98. The first kappa shape index (κ1) is 14.1. The van der Waals surface area contributed by atoms with Gasteiger partial charge in [-0.25, -0.2) is 9.97 Å². The van der Waals surface area contributed by atoms with Crippen molar-refractivity contribution in [3.8, 4) is 0 Å². The molecule has 0 aliphatic heterocycles. The van der Waals surface area contributed by atoms with E-state index < -0.39 is 0 Å². The lowest BCUT2D eigenvalue weighted by Crippen LogP contribution is -2.06. The van der Waals surface area contributed by atoms with Crippen LogP contribution < -0.4 is 5.32 Å². The van der Waals surface area contributed by atoms with Gasteiger partial charge in [0.2, 0.25) is 0 Å². The van der Waals surface area contributed by atoms with E-state index in [0.717, 1.165) is 39.8 Å². The molecule has 2 aromatic heterocycles. The predicted octanol–water partition coefficient (Wildman–Crippen LogP) is 4.64. The summed E-state index contributed by atoms with van der Waals surface area (Å²) in [4.78, 5) is 10.2. The van der Waals surface area contributed by atoms with Gasteiger partial charge in [0.25, 0.3) is 0 Å². The highest BCUT2D eigenvalue weighted by atomic mass is 32.1. The molecule has 21 heavy (non-hydrogen) atoms. The average Bonchev–Trinajstić information content (AvgIpc) is 3.00. The van der Waals surface area contributed by atoms with Crippen molar-refractivity contribution < 1.29 is 4.42 Å². The summed E-state index contributed by atoms with van der Waals surface area (Å²) >= 11 is 1.75. The number of aryl methyl sites for hydroxylation is 3. The lowest BCUT2D eigenvalue weighted by molar-refractivity contribution is 0.538. The molecule has 0 aliphatic carbocycles. The Balaban J connectivity index is 1.85. The van der Waals surface area contributed by atoms with Crippen LogP contribution in [-0.2, 0) is 6.42 Å². The number of fused-ring (bicyclic) bond motifs is 1. The molecule has 0 saturated heterocycles. The number of thiazole rings is 1. The Morgan fingerprint density at radius 1 is 1.29 bits per heavy atom. The number of benzene rings is 1. The van der Waals surface area contributed by atoms with Gasteiger partial charge < -0.3 is 9.73 Å². The fraction of sp³-hybridized carbons (Fsp3) is 0.375. The van der Waals surface area contributed by atoms with Gasteiger partial charge in [0.1, 0.15) is 5.52 Å². The third-order valence-electron chi connectivity index (χ3n) is 3.45. The maximum atomic E-state index is 5.64. The van der Waals surface area contributed by atoms with Crippen LogP contribution in [-0.4, -0.2) is 9.97 Å². The smallest absolute Gasteiger partial charge is 0.195 e. The highest BCUT2D eigenvalue weighted by molar-refractivity contribution is 7.11. The molecule has 1 atom stereocenters. The molecule has 0 amide bonds. The summed E-state index contributed by atoms with van der Waals surface area (Å²) < 4.78 is 5.64. The number of aromatic nitrogens is 2. The molecule has 2 heterocycles. The predicted molar refractivity (Wildman–Crippen MR) is 87.0 cm³/mol. The minimum atomic E-state index is 0.228. The summed E-state index contributed by atoms with van der Waals surface area (Å²) in [5.74, 6) is 0.782. The van der Waals surface area contributed by atoms with Crippen LogP contribution in [0.4, 0.5) is 5.69 Å². The van der Waals surface area contributed by atoms with E-state index >= 15 is 0 Å². The van der Waals surface area contributed by atoms with Crippen molar-refractivity contribution in [2.24, 2.45) is 0 Å². The van der Waals surface area contributed by atoms with Crippen molar-refractivity contribution in [1.82, 2.24) is 9.97 Å². The van der Waals surface area contributed by atoms with Crippen LogP contribution in [0, 0.1) is 13.8 Å². The highest BCUT2D eigenvalue weighted by Gasteiger charge is 2.13. The first-order valence-electron chi connectivity index (χ1n) is 7.16. The van der Waals surface area contributed by atoms with E-state index in [1.807, 2.05) is 32.0 Å². The minimum absolute atomic E-state index is 0.228. The second kappa shape index (κ2) is 5.48. The molecule has 3 rings (SSSR count). The molecule has 0 saturated carbocycles. The lowest BCUT2D eigenvalue weighted by Gasteiger charge is -2.14. The molecule has 1 aromatic carbocycles. The molecule has 0 bridgehead atoms. The van der Waals surface area contributed by atoms with Gasteiger partial charge >= 0.3 is 0 Å². The van der Waals surface area contributed by atoms with E-state index in [0.29, 0.717) is 0 Å². The Morgan fingerprint density at radius 3 is 2.76 bits per heavy atom. The summed E-state index contributed by atoms with van der Waals surface area (Å²) in [6.07, 6.45) is 0.813. The molecule has 0 fully saturated rings. The Labute approximate surface area is 128 Å². The van der Waals surface area contributed by atoms with Crippen molar-refractivity contribution in [2.75, 3.05) is 5.32 Å². The van der Waals surface area contributed by atoms with Gasteiger partial charge in [0.05, 0.1) is 16.7 Å². The number of rotatable bonds is 4. The maximum absolute atomic E-state index is 5.64. The highest BCUT2D eigenvalue weighted by Crippen LogP contribution is 2.28. The van der Waals surface area contributed by atoms with Crippen LogP contribution in [0.15, 0.2) is 22.6 Å². The van der Waals surface area contributed by atoms with Crippen LogP contribution in [0.3, 0.4) is 0 Å². The van der Waals surface area contributed by atoms with Crippen molar-refractivity contribution in [3.05, 3.63) is 39.7 Å². The van der Waals surface area contributed by atoms with Gasteiger partial charge in [-0.05, 0) is 39.0 Å². The summed E-state index contributed by atoms with van der Waals surface area (Å²) in [6.45, 7) is 8.30. The Hall–Kier alpha value is -1.88. The summed E-state index contributed by atoms with van der Waals surface area (Å²) in [5, 5.41) is 4.63. The Kier molecular flexibility index (Phi) is 3.68. The number of nitrogens with zero attached hydrogens (tertiary/aromatic N) is 2. The molecule has 1 N–H and O–H groups in total. The van der Waals surface area contributed by atoms with E-state index in [4.69, 9.17) is 4.42 Å². The molecule has 0 radical (unpaired) electrons. The van der Waals surface area contributed by atoms with Crippen LogP contribution in [0.2, 0.25) is 0 Å². The van der Waals surface area contributed by atoms with Gasteiger partial charge in [-0.3, -0.25) is 0 Å². The molecule has 110 valence electrons. The van der Waals surface area contributed by atoms with Crippen LogP contribution in [0.5, 0.6) is 0 Å². The SMILES string of the molecule is CCc1nc2cc(NC(C)c3sc(C)nc3C)ccc2o1. The van der Waals surface area contributed by atoms with E-state index in [9.17, 15) is 0 Å². The summed E-state index contributed by atoms with van der Waals surface area (Å²) in [7, 11) is 0. The third-order valence-corrected chi connectivity index (χ3v) is 4.71. The maximum Gasteiger partial charge on any atom is 0.195 e. The first-order chi connectivity index (χ1) is 10.1. The van der Waals surface area contributed by atoms with Gasteiger partial charge in [0.15, 0.2) is 11.5 Å². The molecule has 0 aliphatic rings. The normalized spacial score (nSPS) is 12.8. The monoisotopic (exact) mass is 301 g/mol.